The first-order valence-corrected chi connectivity index (χ1v) is 13.4. The Morgan fingerprint density at radius 3 is 1.41 bits per heavy atom. The van der Waals surface area contributed by atoms with Crippen molar-refractivity contribution in [2.45, 2.75) is 67.9 Å². The molecular formula is C36H47N. The van der Waals surface area contributed by atoms with E-state index in [1.165, 1.54) is 22.3 Å². The van der Waals surface area contributed by atoms with Crippen molar-refractivity contribution in [2.75, 3.05) is 5.32 Å². The van der Waals surface area contributed by atoms with E-state index < -0.39 is 0 Å². The molecule has 0 aromatic heterocycles. The van der Waals surface area contributed by atoms with E-state index >= 15 is 0 Å². The van der Waals surface area contributed by atoms with Crippen molar-refractivity contribution in [3.05, 3.63) is 126 Å². The number of hydrogen-bond donors (Lipinski definition) is 1. The molecule has 0 fully saturated rings. The molecular weight excluding hydrogens is 446 g/mol. The van der Waals surface area contributed by atoms with Crippen LogP contribution in [0.5, 0.6) is 0 Å². The average Bonchev–Trinajstić information content (AvgIpc) is 2.88. The Bertz CT molecular complexity index is 1070. The number of nitrogens with one attached hydrogen (secondary N) is 1. The Hall–Kier alpha value is -3.32. The average molecular weight is 494 g/mol. The summed E-state index contributed by atoms with van der Waals surface area (Å²) in [7, 11) is 0. The predicted molar refractivity (Wildman–Crippen MR) is 165 cm³/mol. The summed E-state index contributed by atoms with van der Waals surface area (Å²) in [5, 5.41) is 3.36. The SMILES string of the molecule is CC(C)(C)C.CC(c1ccc(-c2ccccc2)cc1)C(C)(C)C.c1ccc(CNc2ccccc2)cc1. The first kappa shape index (κ1) is 29.9. The Balaban J connectivity index is 0.000000225. The quantitative estimate of drug-likeness (QED) is 0.291. The fraction of sp³-hybridized carbons (Fsp3) is 0.333. The van der Waals surface area contributed by atoms with Crippen molar-refractivity contribution in [1.29, 1.82) is 0 Å². The van der Waals surface area contributed by atoms with E-state index in [0.29, 0.717) is 16.7 Å². The van der Waals surface area contributed by atoms with Crippen LogP contribution in [0.15, 0.2) is 115 Å². The minimum absolute atomic E-state index is 0.314. The van der Waals surface area contributed by atoms with Crippen LogP contribution < -0.4 is 5.32 Å². The Kier molecular flexibility index (Phi) is 11.7. The lowest BCUT2D eigenvalue weighted by molar-refractivity contribution is 0.339. The maximum Gasteiger partial charge on any atom is 0.0400 e. The second kappa shape index (κ2) is 14.4. The topological polar surface area (TPSA) is 12.0 Å². The number of hydrogen-bond acceptors (Lipinski definition) is 1. The van der Waals surface area contributed by atoms with Crippen molar-refractivity contribution in [3.63, 3.8) is 0 Å². The van der Waals surface area contributed by atoms with E-state index in [2.05, 4.69) is 152 Å². The summed E-state index contributed by atoms with van der Waals surface area (Å²) in [6.45, 7) is 18.8. The van der Waals surface area contributed by atoms with Crippen LogP contribution in [0, 0.1) is 10.8 Å². The van der Waals surface area contributed by atoms with Gasteiger partial charge in [-0.05, 0) is 51.1 Å². The highest BCUT2D eigenvalue weighted by Crippen LogP contribution is 2.35. The van der Waals surface area contributed by atoms with Crippen LogP contribution in [0.4, 0.5) is 5.69 Å². The van der Waals surface area contributed by atoms with Gasteiger partial charge in [0.2, 0.25) is 0 Å². The molecule has 1 N–H and O–H groups in total. The number of benzene rings is 4. The monoisotopic (exact) mass is 493 g/mol. The zero-order valence-electron chi connectivity index (χ0n) is 24.3. The van der Waals surface area contributed by atoms with Crippen LogP contribution in [0.3, 0.4) is 0 Å². The van der Waals surface area contributed by atoms with Crippen LogP contribution in [0.1, 0.15) is 72.4 Å². The van der Waals surface area contributed by atoms with Gasteiger partial charge < -0.3 is 5.32 Å². The molecule has 0 amide bonds. The molecule has 1 nitrogen and oxygen atoms in total. The van der Waals surface area contributed by atoms with E-state index in [1.54, 1.807) is 0 Å². The fourth-order valence-corrected chi connectivity index (χ4v) is 3.45. The minimum atomic E-state index is 0.314. The second-order valence-corrected chi connectivity index (χ2v) is 12.3. The van der Waals surface area contributed by atoms with Crippen molar-refractivity contribution >= 4 is 5.69 Å². The molecule has 0 heterocycles. The minimum Gasteiger partial charge on any atom is -0.381 e. The molecule has 1 atom stereocenters. The lowest BCUT2D eigenvalue weighted by Gasteiger charge is -2.27. The van der Waals surface area contributed by atoms with Gasteiger partial charge in [0, 0.05) is 12.2 Å². The molecule has 4 aromatic carbocycles. The van der Waals surface area contributed by atoms with Gasteiger partial charge in [-0.25, -0.2) is 0 Å². The van der Waals surface area contributed by atoms with Crippen LogP contribution in [-0.2, 0) is 6.54 Å². The van der Waals surface area contributed by atoms with E-state index in [-0.39, 0.29) is 0 Å². The zero-order chi connectivity index (χ0) is 27.3. The number of rotatable bonds is 5. The molecule has 0 aliphatic heterocycles. The van der Waals surface area contributed by atoms with Crippen LogP contribution in [-0.4, -0.2) is 0 Å². The van der Waals surface area contributed by atoms with Gasteiger partial charge in [0.05, 0.1) is 0 Å². The van der Waals surface area contributed by atoms with Crippen LogP contribution in [0.25, 0.3) is 11.1 Å². The molecule has 196 valence electrons. The van der Waals surface area contributed by atoms with Crippen molar-refractivity contribution in [3.8, 4) is 11.1 Å². The van der Waals surface area contributed by atoms with Gasteiger partial charge in [-0.3, -0.25) is 0 Å². The largest absolute Gasteiger partial charge is 0.381 e. The van der Waals surface area contributed by atoms with Crippen molar-refractivity contribution in [1.82, 2.24) is 0 Å². The van der Waals surface area contributed by atoms with Gasteiger partial charge in [-0.1, -0.05) is 159 Å². The highest BCUT2D eigenvalue weighted by Gasteiger charge is 2.21. The highest BCUT2D eigenvalue weighted by molar-refractivity contribution is 5.63. The van der Waals surface area contributed by atoms with Gasteiger partial charge in [0.15, 0.2) is 0 Å². The Labute approximate surface area is 227 Å². The lowest BCUT2D eigenvalue weighted by Crippen LogP contribution is -2.15. The first-order valence-electron chi connectivity index (χ1n) is 13.4. The first-order chi connectivity index (χ1) is 17.4. The summed E-state index contributed by atoms with van der Waals surface area (Å²) in [5.41, 5.74) is 7.27. The third kappa shape index (κ3) is 12.5. The number of para-hydroxylation sites is 1. The molecule has 37 heavy (non-hydrogen) atoms. The van der Waals surface area contributed by atoms with Gasteiger partial charge >= 0.3 is 0 Å². The van der Waals surface area contributed by atoms with E-state index in [9.17, 15) is 0 Å². The van der Waals surface area contributed by atoms with Gasteiger partial charge in [-0.2, -0.15) is 0 Å². The molecule has 1 unspecified atom stereocenters. The summed E-state index contributed by atoms with van der Waals surface area (Å²) in [5.74, 6) is 0.572. The smallest absolute Gasteiger partial charge is 0.0400 e. The predicted octanol–water partition coefficient (Wildman–Crippen LogP) is 10.9. The third-order valence-electron chi connectivity index (χ3n) is 5.93. The standard InChI is InChI=1S/C18H22.C13H13N.C5H12/c1-14(18(2,3)4)15-10-12-17(13-11-15)16-8-6-5-7-9-16;1-3-7-12(8-4-1)11-14-13-9-5-2-6-10-13;1-5(2,3)4/h5-14H,1-4H3;1-10,14H,11H2;1-4H3. The van der Waals surface area contributed by atoms with Crippen LogP contribution >= 0.6 is 0 Å². The van der Waals surface area contributed by atoms with Gasteiger partial charge in [0.25, 0.3) is 0 Å². The van der Waals surface area contributed by atoms with E-state index in [1.807, 2.05) is 24.3 Å². The Morgan fingerprint density at radius 2 is 0.946 bits per heavy atom. The second-order valence-electron chi connectivity index (χ2n) is 12.3. The molecule has 0 radical (unpaired) electrons. The molecule has 0 spiro atoms. The zero-order valence-corrected chi connectivity index (χ0v) is 24.3. The summed E-state index contributed by atoms with van der Waals surface area (Å²) in [6.07, 6.45) is 0. The summed E-state index contributed by atoms with van der Waals surface area (Å²) < 4.78 is 0. The van der Waals surface area contributed by atoms with E-state index in [4.69, 9.17) is 0 Å². The maximum absolute atomic E-state index is 3.36. The molecule has 0 aliphatic carbocycles. The summed E-state index contributed by atoms with van der Waals surface area (Å²) in [4.78, 5) is 0. The number of anilines is 1. The highest BCUT2D eigenvalue weighted by atomic mass is 14.9. The lowest BCUT2D eigenvalue weighted by atomic mass is 9.77. The molecule has 0 bridgehead atoms. The molecule has 0 saturated heterocycles. The molecule has 4 rings (SSSR count). The van der Waals surface area contributed by atoms with Crippen molar-refractivity contribution < 1.29 is 0 Å². The summed E-state index contributed by atoms with van der Waals surface area (Å²) in [6, 6.07) is 40.1. The third-order valence-corrected chi connectivity index (χ3v) is 5.93. The molecule has 4 aromatic rings. The van der Waals surface area contributed by atoms with Crippen molar-refractivity contribution in [2.24, 2.45) is 10.8 Å². The van der Waals surface area contributed by atoms with Gasteiger partial charge in [0.1, 0.15) is 0 Å². The van der Waals surface area contributed by atoms with Gasteiger partial charge in [-0.15, -0.1) is 0 Å². The Morgan fingerprint density at radius 1 is 0.541 bits per heavy atom. The normalized spacial score (nSPS) is 11.8. The van der Waals surface area contributed by atoms with Crippen LogP contribution in [0.2, 0.25) is 0 Å². The summed E-state index contributed by atoms with van der Waals surface area (Å²) >= 11 is 0. The molecule has 0 aliphatic rings. The fourth-order valence-electron chi connectivity index (χ4n) is 3.45. The maximum atomic E-state index is 3.36. The van der Waals surface area contributed by atoms with E-state index in [0.717, 1.165) is 12.2 Å². The molecule has 1 heteroatoms. The molecule has 0 saturated carbocycles.